The van der Waals surface area contributed by atoms with Gasteiger partial charge in [-0.1, -0.05) is 0 Å². The van der Waals surface area contributed by atoms with Crippen LogP contribution in [0.5, 0.6) is 0 Å². The molecule has 2 aromatic rings. The first-order chi connectivity index (χ1) is 9.69. The van der Waals surface area contributed by atoms with Gasteiger partial charge in [0.1, 0.15) is 0 Å². The zero-order valence-corrected chi connectivity index (χ0v) is 11.1. The molecular weight excluding hydrogens is 256 g/mol. The van der Waals surface area contributed by atoms with Gasteiger partial charge in [-0.05, 0) is 43.3 Å². The van der Waals surface area contributed by atoms with Gasteiger partial charge in [0.25, 0.3) is 5.69 Å². The fraction of sp³-hybridized carbons (Fsp3) is 0.143. The van der Waals surface area contributed by atoms with Crippen LogP contribution in [0.15, 0.2) is 48.5 Å². The Morgan fingerprint density at radius 1 is 0.900 bits per heavy atom. The van der Waals surface area contributed by atoms with Crippen LogP contribution in [0, 0.1) is 10.1 Å². The van der Waals surface area contributed by atoms with Crippen molar-refractivity contribution >= 4 is 22.7 Å². The molecule has 0 fully saturated rings. The van der Waals surface area contributed by atoms with Crippen LogP contribution in [-0.4, -0.2) is 11.5 Å². The Morgan fingerprint density at radius 2 is 1.35 bits per heavy atom. The molecule has 0 aromatic heterocycles. The largest absolute Gasteiger partial charge is 0.385 e. The zero-order valence-electron chi connectivity index (χ0n) is 11.1. The summed E-state index contributed by atoms with van der Waals surface area (Å²) in [5.41, 5.74) is 8.82. The van der Waals surface area contributed by atoms with E-state index in [1.54, 1.807) is 12.1 Å². The zero-order chi connectivity index (χ0) is 14.4. The second kappa shape index (κ2) is 6.42. The van der Waals surface area contributed by atoms with Crippen LogP contribution in [0.2, 0.25) is 0 Å². The Kier molecular flexibility index (Phi) is 4.39. The standard InChI is InChI=1S/C14H16N4O2/c1-2-15-11-3-5-12(6-4-11)16-17-13-7-9-14(10-8-13)18(19)20/h3-10,15-17H,2H2,1H3. The number of hydrogen-bond donors (Lipinski definition) is 3. The highest BCUT2D eigenvalue weighted by Gasteiger charge is 2.03. The predicted molar refractivity (Wildman–Crippen MR) is 80.9 cm³/mol. The van der Waals surface area contributed by atoms with Gasteiger partial charge in [-0.25, -0.2) is 0 Å². The van der Waals surface area contributed by atoms with Gasteiger partial charge in [0.2, 0.25) is 0 Å². The van der Waals surface area contributed by atoms with E-state index in [2.05, 4.69) is 16.2 Å². The van der Waals surface area contributed by atoms with Crippen molar-refractivity contribution in [3.8, 4) is 0 Å². The van der Waals surface area contributed by atoms with E-state index in [1.165, 1.54) is 12.1 Å². The highest BCUT2D eigenvalue weighted by atomic mass is 16.6. The van der Waals surface area contributed by atoms with E-state index >= 15 is 0 Å². The molecule has 0 unspecified atom stereocenters. The van der Waals surface area contributed by atoms with Gasteiger partial charge in [-0.3, -0.25) is 10.1 Å². The summed E-state index contributed by atoms with van der Waals surface area (Å²) in [6.45, 7) is 2.93. The van der Waals surface area contributed by atoms with Crippen molar-refractivity contribution in [2.75, 3.05) is 22.7 Å². The van der Waals surface area contributed by atoms with E-state index in [0.29, 0.717) is 0 Å². The van der Waals surface area contributed by atoms with Gasteiger partial charge in [0.05, 0.1) is 16.3 Å². The van der Waals surface area contributed by atoms with Crippen LogP contribution < -0.4 is 16.2 Å². The van der Waals surface area contributed by atoms with Crippen molar-refractivity contribution < 1.29 is 4.92 Å². The van der Waals surface area contributed by atoms with E-state index in [9.17, 15) is 10.1 Å². The van der Waals surface area contributed by atoms with E-state index in [4.69, 9.17) is 0 Å². The average molecular weight is 272 g/mol. The molecule has 6 nitrogen and oxygen atoms in total. The third kappa shape index (κ3) is 3.61. The number of hydrazine groups is 1. The maximum Gasteiger partial charge on any atom is 0.269 e. The highest BCUT2D eigenvalue weighted by Crippen LogP contribution is 2.17. The van der Waals surface area contributed by atoms with Crippen molar-refractivity contribution in [1.82, 2.24) is 0 Å². The number of anilines is 3. The normalized spacial score (nSPS) is 9.85. The first kappa shape index (κ1) is 13.7. The van der Waals surface area contributed by atoms with Gasteiger partial charge in [-0.15, -0.1) is 0 Å². The number of nitro groups is 1. The Labute approximate surface area is 116 Å². The van der Waals surface area contributed by atoms with Crippen molar-refractivity contribution in [3.63, 3.8) is 0 Å². The third-order valence-corrected chi connectivity index (χ3v) is 2.70. The molecule has 0 bridgehead atoms. The molecule has 0 saturated carbocycles. The highest BCUT2D eigenvalue weighted by molar-refractivity contribution is 5.57. The summed E-state index contributed by atoms with van der Waals surface area (Å²) >= 11 is 0. The smallest absolute Gasteiger partial charge is 0.269 e. The molecule has 104 valence electrons. The minimum absolute atomic E-state index is 0.0746. The molecule has 0 heterocycles. The van der Waals surface area contributed by atoms with E-state index in [0.717, 1.165) is 23.6 Å². The van der Waals surface area contributed by atoms with Crippen LogP contribution in [0.1, 0.15) is 6.92 Å². The Hall–Kier alpha value is -2.76. The molecule has 0 radical (unpaired) electrons. The SMILES string of the molecule is CCNc1ccc(NNc2ccc([N+](=O)[O-])cc2)cc1. The number of nitrogens with one attached hydrogen (secondary N) is 3. The van der Waals surface area contributed by atoms with Gasteiger partial charge >= 0.3 is 0 Å². The van der Waals surface area contributed by atoms with E-state index in [-0.39, 0.29) is 5.69 Å². The fourth-order valence-electron chi connectivity index (χ4n) is 1.69. The third-order valence-electron chi connectivity index (χ3n) is 2.70. The summed E-state index contributed by atoms with van der Waals surface area (Å²) in [7, 11) is 0. The van der Waals surface area contributed by atoms with Gasteiger partial charge < -0.3 is 16.2 Å². The minimum atomic E-state index is -0.420. The number of nitro benzene ring substituents is 1. The summed E-state index contributed by atoms with van der Waals surface area (Å²) in [5.74, 6) is 0. The van der Waals surface area contributed by atoms with Crippen LogP contribution in [0.4, 0.5) is 22.7 Å². The van der Waals surface area contributed by atoms with E-state index in [1.807, 2.05) is 31.2 Å². The van der Waals surface area contributed by atoms with E-state index < -0.39 is 4.92 Å². The molecule has 0 atom stereocenters. The van der Waals surface area contributed by atoms with Crippen molar-refractivity contribution in [3.05, 3.63) is 58.6 Å². The molecule has 2 aromatic carbocycles. The molecule has 0 amide bonds. The number of hydrogen-bond acceptors (Lipinski definition) is 5. The van der Waals surface area contributed by atoms with Crippen LogP contribution >= 0.6 is 0 Å². The molecule has 2 rings (SSSR count). The summed E-state index contributed by atoms with van der Waals surface area (Å²) in [6.07, 6.45) is 0. The van der Waals surface area contributed by atoms with Crippen molar-refractivity contribution in [1.29, 1.82) is 0 Å². The summed E-state index contributed by atoms with van der Waals surface area (Å²) < 4.78 is 0. The summed E-state index contributed by atoms with van der Waals surface area (Å²) in [6, 6.07) is 14.0. The quantitative estimate of drug-likeness (QED) is 0.554. The maximum absolute atomic E-state index is 10.5. The summed E-state index contributed by atoms with van der Waals surface area (Å²) in [4.78, 5) is 10.1. The number of non-ortho nitro benzene ring substituents is 1. The van der Waals surface area contributed by atoms with Crippen LogP contribution in [0.25, 0.3) is 0 Å². The number of nitrogens with zero attached hydrogens (tertiary/aromatic N) is 1. The van der Waals surface area contributed by atoms with Crippen LogP contribution in [-0.2, 0) is 0 Å². The minimum Gasteiger partial charge on any atom is -0.385 e. The molecule has 0 aliphatic carbocycles. The second-order valence-electron chi connectivity index (χ2n) is 4.16. The molecule has 0 aliphatic rings. The first-order valence-corrected chi connectivity index (χ1v) is 6.29. The molecular formula is C14H16N4O2. The monoisotopic (exact) mass is 272 g/mol. The molecule has 0 aliphatic heterocycles. The summed E-state index contributed by atoms with van der Waals surface area (Å²) in [5, 5.41) is 13.8. The van der Waals surface area contributed by atoms with Gasteiger partial charge in [-0.2, -0.15) is 0 Å². The Balaban J connectivity index is 1.92. The van der Waals surface area contributed by atoms with Crippen LogP contribution in [0.3, 0.4) is 0 Å². The number of rotatable bonds is 6. The Bertz CT molecular complexity index is 567. The second-order valence-corrected chi connectivity index (χ2v) is 4.16. The number of benzene rings is 2. The molecule has 0 spiro atoms. The predicted octanol–water partition coefficient (Wildman–Crippen LogP) is 3.47. The molecule has 20 heavy (non-hydrogen) atoms. The van der Waals surface area contributed by atoms with Gasteiger partial charge in [0.15, 0.2) is 0 Å². The lowest BCUT2D eigenvalue weighted by molar-refractivity contribution is -0.384. The average Bonchev–Trinajstić information content (AvgIpc) is 2.47. The first-order valence-electron chi connectivity index (χ1n) is 6.29. The van der Waals surface area contributed by atoms with Gasteiger partial charge in [0, 0.05) is 24.4 Å². The molecule has 3 N–H and O–H groups in total. The topological polar surface area (TPSA) is 79.2 Å². The molecule has 6 heteroatoms. The lowest BCUT2D eigenvalue weighted by Crippen LogP contribution is -2.08. The molecule has 0 saturated heterocycles. The van der Waals surface area contributed by atoms with Crippen molar-refractivity contribution in [2.24, 2.45) is 0 Å². The lowest BCUT2D eigenvalue weighted by atomic mass is 10.3. The maximum atomic E-state index is 10.5. The fourth-order valence-corrected chi connectivity index (χ4v) is 1.69. The van der Waals surface area contributed by atoms with Crippen molar-refractivity contribution in [2.45, 2.75) is 6.92 Å². The lowest BCUT2D eigenvalue weighted by Gasteiger charge is -2.10. The Morgan fingerprint density at radius 3 is 1.80 bits per heavy atom.